The first-order valence-corrected chi connectivity index (χ1v) is 15.3. The molecule has 0 aliphatic heterocycles. The van der Waals surface area contributed by atoms with Crippen LogP contribution in [-0.2, 0) is 11.3 Å². The van der Waals surface area contributed by atoms with E-state index in [-0.39, 0.29) is 29.5 Å². The average Bonchev–Trinajstić information content (AvgIpc) is 3.45. The molecule has 0 fully saturated rings. The maximum Gasteiger partial charge on any atom is 0.262 e. The summed E-state index contributed by atoms with van der Waals surface area (Å²) in [5, 5.41) is 4.94. The minimum atomic E-state index is -0.183. The predicted octanol–water partition coefficient (Wildman–Crippen LogP) is 5.19. The summed E-state index contributed by atoms with van der Waals surface area (Å²) < 4.78 is 13.6. The zero-order valence-corrected chi connectivity index (χ0v) is 25.8. The number of nitrogens with one attached hydrogen (secondary N) is 1. The molecule has 1 aromatic heterocycles. The van der Waals surface area contributed by atoms with E-state index < -0.39 is 0 Å². The van der Waals surface area contributed by atoms with Gasteiger partial charge in [-0.15, -0.1) is 0 Å². The number of hydrogen-bond donors (Lipinski definition) is 1. The molecule has 0 aliphatic carbocycles. The van der Waals surface area contributed by atoms with Crippen molar-refractivity contribution in [2.24, 2.45) is 0 Å². The molecule has 3 rings (SSSR count). The van der Waals surface area contributed by atoms with Crippen LogP contribution in [0.5, 0.6) is 11.5 Å². The topological polar surface area (TPSA) is 51.4 Å². The minimum Gasteiger partial charge on any atom is -1.00 e. The van der Waals surface area contributed by atoms with Gasteiger partial charge in [0.15, 0.2) is 19.3 Å². The largest absolute Gasteiger partial charge is 1.00 e. The van der Waals surface area contributed by atoms with Crippen LogP contribution in [0.2, 0.25) is 0 Å². The molecule has 0 spiro atoms. The summed E-state index contributed by atoms with van der Waals surface area (Å²) in [7, 11) is 0. The highest BCUT2D eigenvalue weighted by Gasteiger charge is 2.06. The van der Waals surface area contributed by atoms with Gasteiger partial charge in [0, 0.05) is 11.3 Å². The van der Waals surface area contributed by atoms with Crippen LogP contribution in [0.25, 0.3) is 0 Å². The van der Waals surface area contributed by atoms with Crippen LogP contribution in [0.15, 0.2) is 65.6 Å². The lowest BCUT2D eigenvalue weighted by molar-refractivity contribution is -0.683. The van der Waals surface area contributed by atoms with Gasteiger partial charge in [0.25, 0.3) is 5.91 Å². The van der Waals surface area contributed by atoms with E-state index in [1.807, 2.05) is 48.5 Å². The number of aromatic nitrogens is 1. The number of hydrogen-bond acceptors (Lipinski definition) is 4. The van der Waals surface area contributed by atoms with Gasteiger partial charge in [-0.25, -0.2) is 0 Å². The average molecular weight is 618 g/mol. The van der Waals surface area contributed by atoms with Crippen LogP contribution in [0, 0.1) is 0 Å². The van der Waals surface area contributed by atoms with E-state index in [0.717, 1.165) is 31.0 Å². The predicted molar refractivity (Wildman–Crippen MR) is 157 cm³/mol. The van der Waals surface area contributed by atoms with Crippen LogP contribution < -0.4 is 36.3 Å². The smallest absolute Gasteiger partial charge is 0.262 e. The number of unbranched alkanes of at least 4 members (excludes halogenated alkanes) is 11. The quantitative estimate of drug-likeness (QED) is 0.140. The van der Waals surface area contributed by atoms with Crippen LogP contribution in [0.1, 0.15) is 89.5 Å². The molecule has 0 saturated carbocycles. The third-order valence-electron chi connectivity index (χ3n) is 6.59. The van der Waals surface area contributed by atoms with Crippen molar-refractivity contribution in [2.45, 2.75) is 90.5 Å². The lowest BCUT2D eigenvalue weighted by atomic mass is 10.1. The van der Waals surface area contributed by atoms with E-state index in [4.69, 9.17) is 9.47 Å². The molecule has 1 N–H and O–H groups in total. The Morgan fingerprint density at radius 3 is 1.90 bits per heavy atom. The van der Waals surface area contributed by atoms with Crippen LogP contribution in [0.3, 0.4) is 0 Å². The number of ether oxygens (including phenoxy) is 2. The maximum atomic E-state index is 12.3. The van der Waals surface area contributed by atoms with Gasteiger partial charge >= 0.3 is 0 Å². The summed E-state index contributed by atoms with van der Waals surface area (Å²) in [6.45, 7) is 3.80. The number of anilines is 1. The molecular formula is C32H45BrN2O3S. The van der Waals surface area contributed by atoms with Crippen molar-refractivity contribution in [1.82, 2.24) is 0 Å². The molecule has 0 bridgehead atoms. The molecular weight excluding hydrogens is 572 g/mol. The van der Waals surface area contributed by atoms with Gasteiger partial charge in [0.2, 0.25) is 5.51 Å². The van der Waals surface area contributed by atoms with E-state index >= 15 is 0 Å². The second-order valence-electron chi connectivity index (χ2n) is 9.94. The summed E-state index contributed by atoms with van der Waals surface area (Å²) in [4.78, 5) is 12.3. The normalized spacial score (nSPS) is 10.6. The molecule has 0 radical (unpaired) electrons. The highest BCUT2D eigenvalue weighted by atomic mass is 79.9. The van der Waals surface area contributed by atoms with E-state index in [1.165, 1.54) is 76.2 Å². The summed E-state index contributed by atoms with van der Waals surface area (Å²) in [6, 6.07) is 15.4. The third kappa shape index (κ3) is 14.5. The minimum absolute atomic E-state index is 0. The van der Waals surface area contributed by atoms with Crippen LogP contribution >= 0.6 is 11.3 Å². The molecule has 7 heteroatoms. The van der Waals surface area contributed by atoms with Crippen molar-refractivity contribution < 1.29 is 35.8 Å². The lowest BCUT2D eigenvalue weighted by Gasteiger charge is -2.09. The van der Waals surface area contributed by atoms with E-state index in [9.17, 15) is 4.79 Å². The molecule has 39 heavy (non-hydrogen) atoms. The van der Waals surface area contributed by atoms with Gasteiger partial charge in [-0.1, -0.05) is 101 Å². The molecule has 0 atom stereocenters. The van der Waals surface area contributed by atoms with Crippen molar-refractivity contribution in [3.8, 4) is 11.5 Å². The molecule has 0 aliphatic rings. The van der Waals surface area contributed by atoms with Gasteiger partial charge < -0.3 is 31.8 Å². The molecule has 0 saturated heterocycles. The molecule has 2 aromatic carbocycles. The number of thiazole rings is 1. The molecule has 1 amide bonds. The number of carbonyl (C=O) groups excluding carboxylic acids is 1. The second kappa shape index (κ2) is 20.5. The van der Waals surface area contributed by atoms with Crippen molar-refractivity contribution in [3.05, 3.63) is 71.2 Å². The first-order valence-electron chi connectivity index (χ1n) is 14.4. The van der Waals surface area contributed by atoms with E-state index in [1.54, 1.807) is 11.3 Å². The van der Waals surface area contributed by atoms with Crippen LogP contribution in [0.4, 0.5) is 5.69 Å². The van der Waals surface area contributed by atoms with Gasteiger partial charge in [0.1, 0.15) is 11.5 Å². The first-order chi connectivity index (χ1) is 18.7. The Hall–Kier alpha value is -2.38. The number of halogens is 1. The first kappa shape index (κ1) is 32.8. The molecule has 5 nitrogen and oxygen atoms in total. The highest BCUT2D eigenvalue weighted by molar-refractivity contribution is 7.07. The summed E-state index contributed by atoms with van der Waals surface area (Å²) in [5.41, 5.74) is 4.02. The Labute approximate surface area is 249 Å². The fraction of sp³-hybridized carbons (Fsp3) is 0.500. The second-order valence-corrected chi connectivity index (χ2v) is 10.7. The number of carbonyl (C=O) groups is 1. The van der Waals surface area contributed by atoms with Crippen molar-refractivity contribution >= 4 is 22.9 Å². The SMILES string of the molecule is CCCCCCCCCCCCCCOc1ccc(OCC(=O)Nc2ccc(C[n+]3ccsc3)cc2)cc1.[Br-]. The van der Waals surface area contributed by atoms with Gasteiger partial charge in [-0.05, 0) is 42.8 Å². The van der Waals surface area contributed by atoms with Crippen molar-refractivity contribution in [3.63, 3.8) is 0 Å². The standard InChI is InChI=1S/C32H44N2O3S.BrH/c1-2-3-4-5-6-7-8-9-10-11-12-13-23-36-30-18-20-31(21-19-30)37-26-32(35)33-29-16-14-28(15-17-29)25-34-22-24-38-27-34;/h14-22,24,27H,2-13,23,25-26H2,1H3;1H. The molecule has 0 unspecified atom stereocenters. The van der Waals surface area contributed by atoms with Crippen molar-refractivity contribution in [1.29, 1.82) is 0 Å². The zero-order valence-electron chi connectivity index (χ0n) is 23.4. The van der Waals surface area contributed by atoms with Crippen LogP contribution in [-0.4, -0.2) is 19.1 Å². The fourth-order valence-electron chi connectivity index (χ4n) is 4.37. The number of nitrogens with zero attached hydrogens (tertiary/aromatic N) is 1. The van der Waals surface area contributed by atoms with Crippen molar-refractivity contribution in [2.75, 3.05) is 18.5 Å². The summed E-state index contributed by atoms with van der Waals surface area (Å²) >= 11 is 1.67. The summed E-state index contributed by atoms with van der Waals surface area (Å²) in [6.07, 6.45) is 18.1. The Kier molecular flexibility index (Phi) is 17.3. The van der Waals surface area contributed by atoms with E-state index in [2.05, 4.69) is 33.9 Å². The van der Waals surface area contributed by atoms with Gasteiger partial charge in [0.05, 0.1) is 12.0 Å². The Morgan fingerprint density at radius 2 is 1.33 bits per heavy atom. The number of amides is 1. The third-order valence-corrected chi connectivity index (χ3v) is 7.26. The van der Waals surface area contributed by atoms with Gasteiger partial charge in [-0.2, -0.15) is 4.57 Å². The lowest BCUT2D eigenvalue weighted by Crippen LogP contribution is -3.00. The zero-order chi connectivity index (χ0) is 26.7. The molecule has 214 valence electrons. The Balaban J connectivity index is 0.00000533. The fourth-order valence-corrected chi connectivity index (χ4v) is 4.97. The summed E-state index contributed by atoms with van der Waals surface area (Å²) in [5.74, 6) is 1.31. The van der Waals surface area contributed by atoms with Gasteiger partial charge in [-0.3, -0.25) is 4.79 Å². The maximum absolute atomic E-state index is 12.3. The highest BCUT2D eigenvalue weighted by Crippen LogP contribution is 2.19. The number of rotatable bonds is 20. The monoisotopic (exact) mass is 616 g/mol. The molecule has 3 aromatic rings. The molecule has 1 heterocycles. The Bertz CT molecular complexity index is 1010. The van der Waals surface area contributed by atoms with E-state index in [0.29, 0.717) is 5.75 Å². The number of benzene rings is 2. The Morgan fingerprint density at radius 1 is 0.769 bits per heavy atom.